The van der Waals surface area contributed by atoms with Gasteiger partial charge in [-0.2, -0.15) is 4.98 Å². The zero-order valence-electron chi connectivity index (χ0n) is 12.2. The fourth-order valence-corrected chi connectivity index (χ4v) is 2.46. The SMILES string of the molecule is CCOc1ccc(Nc2nccc(N3CCCC3)n2)cc1. The second kappa shape index (κ2) is 6.43. The summed E-state index contributed by atoms with van der Waals surface area (Å²) in [5.41, 5.74) is 0.956. The lowest BCUT2D eigenvalue weighted by Gasteiger charge is -2.16. The maximum absolute atomic E-state index is 5.43. The number of hydrogen-bond acceptors (Lipinski definition) is 5. The molecular weight excluding hydrogens is 264 g/mol. The summed E-state index contributed by atoms with van der Waals surface area (Å²) in [5, 5.41) is 3.23. The Bertz CT molecular complexity index is 579. The van der Waals surface area contributed by atoms with Crippen LogP contribution in [0.15, 0.2) is 36.5 Å². The molecule has 110 valence electrons. The zero-order chi connectivity index (χ0) is 14.5. The van der Waals surface area contributed by atoms with Gasteiger partial charge in [0.05, 0.1) is 6.61 Å². The van der Waals surface area contributed by atoms with Gasteiger partial charge in [-0.25, -0.2) is 4.98 Å². The van der Waals surface area contributed by atoms with Crippen LogP contribution >= 0.6 is 0 Å². The van der Waals surface area contributed by atoms with E-state index in [1.54, 1.807) is 6.20 Å². The molecule has 1 aliphatic rings. The van der Waals surface area contributed by atoms with E-state index in [1.807, 2.05) is 37.3 Å². The Hall–Kier alpha value is -2.30. The van der Waals surface area contributed by atoms with Gasteiger partial charge in [-0.05, 0) is 50.1 Å². The summed E-state index contributed by atoms with van der Waals surface area (Å²) in [6.45, 7) is 4.82. The lowest BCUT2D eigenvalue weighted by Crippen LogP contribution is -2.19. The second-order valence-electron chi connectivity index (χ2n) is 5.01. The van der Waals surface area contributed by atoms with Crippen LogP contribution < -0.4 is 15.0 Å². The van der Waals surface area contributed by atoms with E-state index >= 15 is 0 Å². The normalized spacial score (nSPS) is 14.2. The highest BCUT2D eigenvalue weighted by Gasteiger charge is 2.13. The van der Waals surface area contributed by atoms with Gasteiger partial charge in [-0.3, -0.25) is 0 Å². The monoisotopic (exact) mass is 284 g/mol. The van der Waals surface area contributed by atoms with Crippen LogP contribution in [-0.4, -0.2) is 29.7 Å². The second-order valence-corrected chi connectivity index (χ2v) is 5.01. The van der Waals surface area contributed by atoms with Gasteiger partial charge < -0.3 is 15.0 Å². The molecule has 0 spiro atoms. The fraction of sp³-hybridized carbons (Fsp3) is 0.375. The molecule has 1 aromatic heterocycles. The number of aromatic nitrogens is 2. The van der Waals surface area contributed by atoms with Crippen LogP contribution in [0.3, 0.4) is 0 Å². The fourth-order valence-electron chi connectivity index (χ4n) is 2.46. The molecule has 5 heteroatoms. The molecular formula is C16H20N4O. The molecule has 1 aliphatic heterocycles. The number of benzene rings is 1. The van der Waals surface area contributed by atoms with Crippen molar-refractivity contribution in [2.45, 2.75) is 19.8 Å². The molecule has 0 aliphatic carbocycles. The first-order valence-electron chi connectivity index (χ1n) is 7.43. The van der Waals surface area contributed by atoms with Crippen LogP contribution in [0.25, 0.3) is 0 Å². The molecule has 21 heavy (non-hydrogen) atoms. The summed E-state index contributed by atoms with van der Waals surface area (Å²) in [6, 6.07) is 9.79. The highest BCUT2D eigenvalue weighted by Crippen LogP contribution is 2.21. The maximum Gasteiger partial charge on any atom is 0.229 e. The average molecular weight is 284 g/mol. The van der Waals surface area contributed by atoms with E-state index in [9.17, 15) is 0 Å². The van der Waals surface area contributed by atoms with E-state index in [0.717, 1.165) is 30.3 Å². The summed E-state index contributed by atoms with van der Waals surface area (Å²) >= 11 is 0. The van der Waals surface area contributed by atoms with Gasteiger partial charge in [-0.1, -0.05) is 0 Å². The molecule has 1 fully saturated rings. The summed E-state index contributed by atoms with van der Waals surface area (Å²) in [7, 11) is 0. The third kappa shape index (κ3) is 3.42. The largest absolute Gasteiger partial charge is 0.494 e. The van der Waals surface area contributed by atoms with Gasteiger partial charge in [0.1, 0.15) is 11.6 Å². The van der Waals surface area contributed by atoms with Crippen molar-refractivity contribution in [3.05, 3.63) is 36.5 Å². The smallest absolute Gasteiger partial charge is 0.229 e. The van der Waals surface area contributed by atoms with Crippen LogP contribution in [0, 0.1) is 0 Å². The Kier molecular flexibility index (Phi) is 4.19. The van der Waals surface area contributed by atoms with E-state index in [4.69, 9.17) is 4.74 Å². The molecule has 2 aromatic rings. The van der Waals surface area contributed by atoms with Crippen molar-refractivity contribution >= 4 is 17.5 Å². The Labute approximate surface area is 125 Å². The van der Waals surface area contributed by atoms with Gasteiger partial charge in [0.15, 0.2) is 0 Å². The number of hydrogen-bond donors (Lipinski definition) is 1. The molecule has 0 unspecified atom stereocenters. The van der Waals surface area contributed by atoms with Crippen LogP contribution in [0.4, 0.5) is 17.5 Å². The van der Waals surface area contributed by atoms with E-state index in [0.29, 0.717) is 12.6 Å². The van der Waals surface area contributed by atoms with E-state index < -0.39 is 0 Å². The molecule has 3 rings (SSSR count). The number of nitrogens with zero attached hydrogens (tertiary/aromatic N) is 3. The molecule has 0 bridgehead atoms. The minimum absolute atomic E-state index is 0.628. The number of ether oxygens (including phenoxy) is 1. The number of rotatable bonds is 5. The summed E-state index contributed by atoms with van der Waals surface area (Å²) in [5.74, 6) is 2.49. The van der Waals surface area contributed by atoms with Crippen LogP contribution in [0.5, 0.6) is 5.75 Å². The molecule has 0 amide bonds. The topological polar surface area (TPSA) is 50.3 Å². The van der Waals surface area contributed by atoms with Gasteiger partial charge in [0, 0.05) is 25.0 Å². The van der Waals surface area contributed by atoms with E-state index in [2.05, 4.69) is 20.2 Å². The van der Waals surface area contributed by atoms with Crippen LogP contribution in [0.2, 0.25) is 0 Å². The average Bonchev–Trinajstić information content (AvgIpc) is 3.04. The van der Waals surface area contributed by atoms with E-state index in [1.165, 1.54) is 12.8 Å². The third-order valence-corrected chi connectivity index (χ3v) is 3.49. The Morgan fingerprint density at radius 3 is 2.62 bits per heavy atom. The quantitative estimate of drug-likeness (QED) is 0.913. The minimum Gasteiger partial charge on any atom is -0.494 e. The van der Waals surface area contributed by atoms with Crippen molar-refractivity contribution in [2.75, 3.05) is 29.9 Å². The van der Waals surface area contributed by atoms with Crippen molar-refractivity contribution in [2.24, 2.45) is 0 Å². The van der Waals surface area contributed by atoms with Crippen molar-refractivity contribution in [1.82, 2.24) is 9.97 Å². The number of anilines is 3. The highest BCUT2D eigenvalue weighted by molar-refractivity contribution is 5.56. The van der Waals surface area contributed by atoms with Crippen LogP contribution in [-0.2, 0) is 0 Å². The zero-order valence-corrected chi connectivity index (χ0v) is 12.2. The lowest BCUT2D eigenvalue weighted by atomic mass is 10.3. The number of nitrogens with one attached hydrogen (secondary N) is 1. The summed E-state index contributed by atoms with van der Waals surface area (Å²) in [4.78, 5) is 11.2. The van der Waals surface area contributed by atoms with Gasteiger partial charge in [0.25, 0.3) is 0 Å². The Morgan fingerprint density at radius 1 is 1.14 bits per heavy atom. The molecule has 2 heterocycles. The third-order valence-electron chi connectivity index (χ3n) is 3.49. The molecule has 5 nitrogen and oxygen atoms in total. The molecule has 1 aromatic carbocycles. The predicted octanol–water partition coefficient (Wildman–Crippen LogP) is 3.22. The minimum atomic E-state index is 0.628. The summed E-state index contributed by atoms with van der Waals surface area (Å²) < 4.78 is 5.43. The van der Waals surface area contributed by atoms with Crippen molar-refractivity contribution in [1.29, 1.82) is 0 Å². The van der Waals surface area contributed by atoms with Crippen molar-refractivity contribution in [3.8, 4) is 5.75 Å². The highest BCUT2D eigenvalue weighted by atomic mass is 16.5. The van der Waals surface area contributed by atoms with Gasteiger partial charge >= 0.3 is 0 Å². The first kappa shape index (κ1) is 13.7. The predicted molar refractivity (Wildman–Crippen MR) is 84.4 cm³/mol. The lowest BCUT2D eigenvalue weighted by molar-refractivity contribution is 0.340. The van der Waals surface area contributed by atoms with Crippen molar-refractivity contribution < 1.29 is 4.74 Å². The standard InChI is InChI=1S/C16H20N4O/c1-2-21-14-7-5-13(6-8-14)18-16-17-10-9-15(19-16)20-11-3-4-12-20/h5-10H,2-4,11-12H2,1H3,(H,17,18,19). The molecule has 0 radical (unpaired) electrons. The first-order chi connectivity index (χ1) is 10.3. The van der Waals surface area contributed by atoms with Gasteiger partial charge in [0.2, 0.25) is 5.95 Å². The van der Waals surface area contributed by atoms with Crippen LogP contribution in [0.1, 0.15) is 19.8 Å². The molecule has 1 N–H and O–H groups in total. The van der Waals surface area contributed by atoms with Crippen molar-refractivity contribution in [3.63, 3.8) is 0 Å². The molecule has 1 saturated heterocycles. The molecule has 0 saturated carbocycles. The molecule has 0 atom stereocenters. The Morgan fingerprint density at radius 2 is 1.90 bits per heavy atom. The summed E-state index contributed by atoms with van der Waals surface area (Å²) in [6.07, 6.45) is 4.29. The van der Waals surface area contributed by atoms with Gasteiger partial charge in [-0.15, -0.1) is 0 Å². The maximum atomic E-state index is 5.43. The Balaban J connectivity index is 1.70. The first-order valence-corrected chi connectivity index (χ1v) is 7.43. The van der Waals surface area contributed by atoms with E-state index in [-0.39, 0.29) is 0 Å².